The van der Waals surface area contributed by atoms with Crippen molar-refractivity contribution in [2.45, 2.75) is 33.2 Å². The molecule has 2 N–H and O–H groups in total. The van der Waals surface area contributed by atoms with Crippen LogP contribution in [0.1, 0.15) is 36.4 Å². The van der Waals surface area contributed by atoms with E-state index in [0.29, 0.717) is 0 Å². The van der Waals surface area contributed by atoms with Gasteiger partial charge in [-0.1, -0.05) is 43.0 Å². The summed E-state index contributed by atoms with van der Waals surface area (Å²) < 4.78 is 0. The van der Waals surface area contributed by atoms with Crippen LogP contribution in [0.5, 0.6) is 0 Å². The maximum absolute atomic E-state index is 4.73. The van der Waals surface area contributed by atoms with Crippen LogP contribution in [0.3, 0.4) is 0 Å². The Kier molecular flexibility index (Phi) is 5.93. The third kappa shape index (κ3) is 4.56. The lowest BCUT2D eigenvalue weighted by Crippen LogP contribution is -2.27. The summed E-state index contributed by atoms with van der Waals surface area (Å²) in [6.07, 6.45) is 0.816. The number of likely N-dealkylation sites (N-methyl/N-ethyl adjacent to an activating group) is 1. The minimum absolute atomic E-state index is 0.203. The van der Waals surface area contributed by atoms with Crippen LogP contribution >= 0.6 is 0 Å². The van der Waals surface area contributed by atoms with Crippen LogP contribution in [-0.4, -0.2) is 18.1 Å². The van der Waals surface area contributed by atoms with Crippen molar-refractivity contribution in [3.63, 3.8) is 0 Å². The number of hydrogen-bond donors (Lipinski definition) is 2. The first-order valence-electron chi connectivity index (χ1n) is 8.25. The molecule has 0 fully saturated rings. The Morgan fingerprint density at radius 3 is 2.58 bits per heavy atom. The second kappa shape index (κ2) is 7.93. The molecule has 0 aliphatic rings. The highest BCUT2D eigenvalue weighted by molar-refractivity contribution is 5.62. The molecule has 0 amide bonds. The highest BCUT2D eigenvalue weighted by Crippen LogP contribution is 2.19. The van der Waals surface area contributed by atoms with E-state index in [9.17, 15) is 0 Å². The number of aryl methyl sites for hydroxylation is 1. The van der Waals surface area contributed by atoms with Crippen LogP contribution in [0.2, 0.25) is 0 Å². The van der Waals surface area contributed by atoms with Gasteiger partial charge < -0.3 is 10.6 Å². The number of allylic oxidation sites excluding steroid dienone is 1. The van der Waals surface area contributed by atoms with E-state index in [1.54, 1.807) is 0 Å². The standard InChI is InChI=1S/C21H27N3/c1-14(2)19-9-7-8-18(12-19)13-20-10-11-21(17(5)23-20)24-16(4)15(3)22-6/h7-12,15,22,24H,1,4,13H2,2-3,5-6H3. The summed E-state index contributed by atoms with van der Waals surface area (Å²) in [6, 6.07) is 12.8. The van der Waals surface area contributed by atoms with Crippen LogP contribution in [0.4, 0.5) is 5.69 Å². The molecule has 2 rings (SSSR count). The normalized spacial score (nSPS) is 11.8. The van der Waals surface area contributed by atoms with E-state index in [-0.39, 0.29) is 6.04 Å². The molecule has 0 saturated carbocycles. The van der Waals surface area contributed by atoms with Gasteiger partial charge in [-0.05, 0) is 51.1 Å². The van der Waals surface area contributed by atoms with E-state index < -0.39 is 0 Å². The summed E-state index contributed by atoms with van der Waals surface area (Å²) >= 11 is 0. The molecule has 1 heterocycles. The van der Waals surface area contributed by atoms with Crippen molar-refractivity contribution in [3.8, 4) is 0 Å². The fourth-order valence-corrected chi connectivity index (χ4v) is 2.45. The van der Waals surface area contributed by atoms with Crippen molar-refractivity contribution < 1.29 is 0 Å². The van der Waals surface area contributed by atoms with Gasteiger partial charge in [0.1, 0.15) is 0 Å². The molecule has 2 aromatic rings. The molecule has 1 aromatic heterocycles. The van der Waals surface area contributed by atoms with E-state index in [2.05, 4.69) is 67.1 Å². The molecule has 126 valence electrons. The Bertz CT molecular complexity index is 746. The van der Waals surface area contributed by atoms with Crippen molar-refractivity contribution in [2.24, 2.45) is 0 Å². The molecule has 0 bridgehead atoms. The number of pyridine rings is 1. The van der Waals surface area contributed by atoms with E-state index in [1.165, 1.54) is 11.1 Å². The lowest BCUT2D eigenvalue weighted by molar-refractivity contribution is 0.697. The summed E-state index contributed by atoms with van der Waals surface area (Å²) in [5.41, 5.74) is 7.48. The minimum atomic E-state index is 0.203. The maximum atomic E-state index is 4.73. The zero-order chi connectivity index (χ0) is 17.7. The maximum Gasteiger partial charge on any atom is 0.0610 e. The quantitative estimate of drug-likeness (QED) is 0.785. The van der Waals surface area contributed by atoms with Crippen molar-refractivity contribution in [2.75, 3.05) is 12.4 Å². The number of anilines is 1. The minimum Gasteiger partial charge on any atom is -0.357 e. The molecule has 0 aliphatic carbocycles. The highest BCUT2D eigenvalue weighted by Gasteiger charge is 2.08. The van der Waals surface area contributed by atoms with Crippen molar-refractivity contribution in [3.05, 3.63) is 77.8 Å². The van der Waals surface area contributed by atoms with Crippen LogP contribution in [-0.2, 0) is 6.42 Å². The summed E-state index contributed by atoms with van der Waals surface area (Å²) in [4.78, 5) is 4.73. The molecule has 3 nitrogen and oxygen atoms in total. The van der Waals surface area contributed by atoms with Gasteiger partial charge >= 0.3 is 0 Å². The number of nitrogens with one attached hydrogen (secondary N) is 2. The Balaban J connectivity index is 2.13. The molecular formula is C21H27N3. The lowest BCUT2D eigenvalue weighted by Gasteiger charge is -2.17. The average Bonchev–Trinajstić information content (AvgIpc) is 2.56. The summed E-state index contributed by atoms with van der Waals surface area (Å²) in [5.74, 6) is 0. The zero-order valence-corrected chi connectivity index (χ0v) is 15.1. The molecule has 0 saturated heterocycles. The first-order valence-corrected chi connectivity index (χ1v) is 8.25. The zero-order valence-electron chi connectivity index (χ0n) is 15.1. The number of benzene rings is 1. The van der Waals surface area contributed by atoms with E-state index in [4.69, 9.17) is 4.98 Å². The first kappa shape index (κ1) is 18.0. The fourth-order valence-electron chi connectivity index (χ4n) is 2.45. The van der Waals surface area contributed by atoms with Gasteiger partial charge in [-0.2, -0.15) is 0 Å². The van der Waals surface area contributed by atoms with Crippen molar-refractivity contribution >= 4 is 11.3 Å². The Morgan fingerprint density at radius 2 is 1.96 bits per heavy atom. The largest absolute Gasteiger partial charge is 0.357 e. The van der Waals surface area contributed by atoms with E-state index in [0.717, 1.165) is 34.8 Å². The Hall–Kier alpha value is -2.39. The predicted molar refractivity (Wildman–Crippen MR) is 104 cm³/mol. The Labute approximate surface area is 145 Å². The molecule has 1 aromatic carbocycles. The monoisotopic (exact) mass is 321 g/mol. The lowest BCUT2D eigenvalue weighted by atomic mass is 10.0. The first-order chi connectivity index (χ1) is 11.4. The molecule has 0 radical (unpaired) electrons. The number of aromatic nitrogens is 1. The van der Waals surface area contributed by atoms with E-state index in [1.807, 2.05) is 20.9 Å². The summed E-state index contributed by atoms with van der Waals surface area (Å²) in [7, 11) is 1.92. The molecule has 1 atom stereocenters. The highest BCUT2D eigenvalue weighted by atomic mass is 15.0. The second-order valence-corrected chi connectivity index (χ2v) is 6.25. The molecule has 0 aliphatic heterocycles. The van der Waals surface area contributed by atoms with Gasteiger partial charge in [0.05, 0.1) is 11.4 Å². The third-order valence-corrected chi connectivity index (χ3v) is 4.20. The van der Waals surface area contributed by atoms with Gasteiger partial charge in [0.2, 0.25) is 0 Å². The van der Waals surface area contributed by atoms with Crippen molar-refractivity contribution in [1.82, 2.24) is 10.3 Å². The van der Waals surface area contributed by atoms with Crippen LogP contribution in [0.15, 0.2) is 55.3 Å². The van der Waals surface area contributed by atoms with Crippen LogP contribution in [0, 0.1) is 6.92 Å². The second-order valence-electron chi connectivity index (χ2n) is 6.25. The molecular weight excluding hydrogens is 294 g/mol. The topological polar surface area (TPSA) is 37.0 Å². The predicted octanol–water partition coefficient (Wildman–Crippen LogP) is 4.55. The van der Waals surface area contributed by atoms with Gasteiger partial charge in [-0.25, -0.2) is 0 Å². The van der Waals surface area contributed by atoms with E-state index >= 15 is 0 Å². The molecule has 3 heteroatoms. The number of rotatable bonds is 7. The van der Waals surface area contributed by atoms with Gasteiger partial charge in [0.25, 0.3) is 0 Å². The number of hydrogen-bond acceptors (Lipinski definition) is 3. The summed E-state index contributed by atoms with van der Waals surface area (Å²) in [5, 5.41) is 6.52. The van der Waals surface area contributed by atoms with Crippen LogP contribution < -0.4 is 10.6 Å². The molecule has 0 spiro atoms. The molecule has 1 unspecified atom stereocenters. The van der Waals surface area contributed by atoms with Crippen molar-refractivity contribution in [1.29, 1.82) is 0 Å². The SMILES string of the molecule is C=C(C)c1cccc(Cc2ccc(NC(=C)C(C)NC)c(C)n2)c1. The van der Waals surface area contributed by atoms with Gasteiger partial charge in [0.15, 0.2) is 0 Å². The van der Waals surface area contributed by atoms with Gasteiger partial charge in [-0.15, -0.1) is 0 Å². The van der Waals surface area contributed by atoms with Gasteiger partial charge in [-0.3, -0.25) is 4.98 Å². The smallest absolute Gasteiger partial charge is 0.0610 e. The summed E-state index contributed by atoms with van der Waals surface area (Å²) in [6.45, 7) is 14.2. The number of nitrogens with zero attached hydrogens (tertiary/aromatic N) is 1. The van der Waals surface area contributed by atoms with Crippen LogP contribution in [0.25, 0.3) is 5.57 Å². The Morgan fingerprint density at radius 1 is 1.21 bits per heavy atom. The third-order valence-electron chi connectivity index (χ3n) is 4.20. The fraction of sp³-hybridized carbons (Fsp3) is 0.286. The molecule has 24 heavy (non-hydrogen) atoms. The average molecular weight is 321 g/mol. The van der Waals surface area contributed by atoms with Gasteiger partial charge in [0, 0.05) is 23.9 Å².